The van der Waals surface area contributed by atoms with Crippen LogP contribution in [0.2, 0.25) is 0 Å². The van der Waals surface area contributed by atoms with Crippen molar-refractivity contribution < 1.29 is 13.2 Å². The van der Waals surface area contributed by atoms with Crippen LogP contribution in [0, 0.1) is 0 Å². The first kappa shape index (κ1) is 15.8. The molecule has 0 atom stereocenters. The maximum absolute atomic E-state index is 12.3. The lowest BCUT2D eigenvalue weighted by molar-refractivity contribution is -0.131. The van der Waals surface area contributed by atoms with E-state index in [2.05, 4.69) is 9.97 Å². The lowest BCUT2D eigenvalue weighted by Crippen LogP contribution is -2.50. The highest BCUT2D eigenvalue weighted by atomic mass is 32.2. The van der Waals surface area contributed by atoms with Gasteiger partial charge in [0, 0.05) is 26.2 Å². The van der Waals surface area contributed by atoms with E-state index >= 15 is 0 Å². The number of carbonyl (C=O) groups is 1. The SMILES string of the molecule is CS(=O)(=O)N1CCN(C(=O)Cc2ccc3[nH]c(=O)[nH]c3c2)CC1. The smallest absolute Gasteiger partial charge is 0.323 e. The van der Waals surface area contributed by atoms with Crippen molar-refractivity contribution in [2.45, 2.75) is 6.42 Å². The van der Waals surface area contributed by atoms with Gasteiger partial charge in [-0.2, -0.15) is 4.31 Å². The maximum Gasteiger partial charge on any atom is 0.323 e. The van der Waals surface area contributed by atoms with E-state index in [-0.39, 0.29) is 18.0 Å². The number of imidazole rings is 1. The molecule has 1 aromatic heterocycles. The van der Waals surface area contributed by atoms with Crippen LogP contribution in [0.1, 0.15) is 5.56 Å². The maximum atomic E-state index is 12.3. The third-order valence-electron chi connectivity index (χ3n) is 4.00. The van der Waals surface area contributed by atoms with Gasteiger partial charge >= 0.3 is 5.69 Å². The quantitative estimate of drug-likeness (QED) is 0.787. The number of hydrogen-bond donors (Lipinski definition) is 2. The summed E-state index contributed by atoms with van der Waals surface area (Å²) in [5, 5.41) is 0. The topological polar surface area (TPSA) is 106 Å². The molecule has 1 aliphatic rings. The summed E-state index contributed by atoms with van der Waals surface area (Å²) in [6.45, 7) is 1.45. The van der Waals surface area contributed by atoms with Gasteiger partial charge in [-0.15, -0.1) is 0 Å². The first-order valence-electron chi connectivity index (χ1n) is 7.27. The molecule has 1 aromatic carbocycles. The van der Waals surface area contributed by atoms with Crippen LogP contribution >= 0.6 is 0 Å². The highest BCUT2D eigenvalue weighted by Gasteiger charge is 2.25. The number of aromatic amines is 2. The average Bonchev–Trinajstić information content (AvgIpc) is 2.86. The number of H-pyrrole nitrogens is 2. The summed E-state index contributed by atoms with van der Waals surface area (Å²) in [5.74, 6) is -0.0459. The number of sulfonamides is 1. The van der Waals surface area contributed by atoms with Gasteiger partial charge in [0.1, 0.15) is 0 Å². The lowest BCUT2D eigenvalue weighted by atomic mass is 10.1. The fraction of sp³-hybridized carbons (Fsp3) is 0.429. The molecule has 1 amide bonds. The predicted octanol–water partition coefficient (Wildman–Crippen LogP) is -0.497. The minimum atomic E-state index is -3.20. The zero-order valence-corrected chi connectivity index (χ0v) is 13.5. The Hall–Kier alpha value is -2.13. The van der Waals surface area contributed by atoms with Crippen molar-refractivity contribution in [3.05, 3.63) is 34.2 Å². The molecule has 0 aliphatic carbocycles. The van der Waals surface area contributed by atoms with Crippen LogP contribution in [0.3, 0.4) is 0 Å². The van der Waals surface area contributed by atoms with Crippen LogP contribution in [-0.4, -0.2) is 65.9 Å². The van der Waals surface area contributed by atoms with Gasteiger partial charge in [-0.3, -0.25) is 4.79 Å². The Balaban J connectivity index is 1.66. The first-order chi connectivity index (χ1) is 10.8. The zero-order valence-electron chi connectivity index (χ0n) is 12.7. The molecule has 2 N–H and O–H groups in total. The van der Waals surface area contributed by atoms with E-state index < -0.39 is 10.0 Å². The molecule has 0 spiro atoms. The molecule has 9 heteroatoms. The van der Waals surface area contributed by atoms with Crippen molar-refractivity contribution in [1.82, 2.24) is 19.2 Å². The van der Waals surface area contributed by atoms with Crippen molar-refractivity contribution in [2.24, 2.45) is 0 Å². The summed E-state index contributed by atoms with van der Waals surface area (Å²) in [4.78, 5) is 30.6. The average molecular weight is 338 g/mol. The van der Waals surface area contributed by atoms with E-state index in [4.69, 9.17) is 0 Å². The number of fused-ring (bicyclic) bond motifs is 1. The first-order valence-corrected chi connectivity index (χ1v) is 9.11. The van der Waals surface area contributed by atoms with Gasteiger partial charge in [-0.05, 0) is 17.7 Å². The van der Waals surface area contributed by atoms with Gasteiger partial charge in [0.2, 0.25) is 15.9 Å². The standard InChI is InChI=1S/C14H18N4O4S/c1-23(21,22)18-6-4-17(5-7-18)13(19)9-10-2-3-11-12(8-10)16-14(20)15-11/h2-3,8H,4-7,9H2,1H3,(H2,15,16,20). The molecule has 0 bridgehead atoms. The Bertz CT molecular complexity index is 891. The third kappa shape index (κ3) is 3.45. The summed E-state index contributed by atoms with van der Waals surface area (Å²) < 4.78 is 24.3. The minimum Gasteiger partial charge on any atom is -0.340 e. The van der Waals surface area contributed by atoms with Crippen molar-refractivity contribution >= 4 is 27.0 Å². The lowest BCUT2D eigenvalue weighted by Gasteiger charge is -2.33. The summed E-state index contributed by atoms with van der Waals surface area (Å²) in [6.07, 6.45) is 1.40. The largest absolute Gasteiger partial charge is 0.340 e. The Kier molecular flexibility index (Phi) is 3.99. The van der Waals surface area contributed by atoms with Crippen LogP contribution in [0.5, 0.6) is 0 Å². The third-order valence-corrected chi connectivity index (χ3v) is 5.30. The molecular formula is C14H18N4O4S. The van der Waals surface area contributed by atoms with Gasteiger partial charge in [0.15, 0.2) is 0 Å². The van der Waals surface area contributed by atoms with Gasteiger partial charge in [-0.1, -0.05) is 6.07 Å². The van der Waals surface area contributed by atoms with Gasteiger partial charge in [-0.25, -0.2) is 13.2 Å². The fourth-order valence-electron chi connectivity index (χ4n) is 2.75. The number of aromatic nitrogens is 2. The van der Waals surface area contributed by atoms with E-state index in [1.54, 1.807) is 23.1 Å². The van der Waals surface area contributed by atoms with Gasteiger partial charge < -0.3 is 14.9 Å². The van der Waals surface area contributed by atoms with Crippen LogP contribution < -0.4 is 5.69 Å². The van der Waals surface area contributed by atoms with E-state index in [1.165, 1.54) is 10.6 Å². The van der Waals surface area contributed by atoms with Crippen LogP contribution in [-0.2, 0) is 21.2 Å². The van der Waals surface area contributed by atoms with Gasteiger partial charge in [0.25, 0.3) is 0 Å². The van der Waals surface area contributed by atoms with E-state index in [9.17, 15) is 18.0 Å². The molecule has 0 radical (unpaired) electrons. The summed E-state index contributed by atoms with van der Waals surface area (Å²) >= 11 is 0. The number of rotatable bonds is 3. The van der Waals surface area contributed by atoms with Crippen molar-refractivity contribution in [1.29, 1.82) is 0 Å². The van der Waals surface area contributed by atoms with Crippen LogP contribution in [0.15, 0.2) is 23.0 Å². The summed E-state index contributed by atoms with van der Waals surface area (Å²) in [5.41, 5.74) is 1.90. The van der Waals surface area contributed by atoms with Crippen LogP contribution in [0.25, 0.3) is 11.0 Å². The van der Waals surface area contributed by atoms with Crippen molar-refractivity contribution in [3.8, 4) is 0 Å². The fourth-order valence-corrected chi connectivity index (χ4v) is 3.57. The normalized spacial score (nSPS) is 16.8. The molecule has 1 aliphatic heterocycles. The summed E-state index contributed by atoms with van der Waals surface area (Å²) in [6, 6.07) is 5.34. The highest BCUT2D eigenvalue weighted by molar-refractivity contribution is 7.88. The number of amides is 1. The molecule has 23 heavy (non-hydrogen) atoms. The molecule has 124 valence electrons. The van der Waals surface area contributed by atoms with Crippen molar-refractivity contribution in [3.63, 3.8) is 0 Å². The van der Waals surface area contributed by atoms with Gasteiger partial charge in [0.05, 0.1) is 23.7 Å². The molecule has 3 rings (SSSR count). The van der Waals surface area contributed by atoms with E-state index in [0.29, 0.717) is 37.2 Å². The molecule has 2 heterocycles. The second-order valence-corrected chi connectivity index (χ2v) is 7.66. The van der Waals surface area contributed by atoms with E-state index in [0.717, 1.165) is 5.56 Å². The molecule has 0 saturated carbocycles. The number of nitrogens with zero attached hydrogens (tertiary/aromatic N) is 2. The van der Waals surface area contributed by atoms with Crippen molar-refractivity contribution in [2.75, 3.05) is 32.4 Å². The molecule has 2 aromatic rings. The Morgan fingerprint density at radius 2 is 1.78 bits per heavy atom. The molecule has 8 nitrogen and oxygen atoms in total. The summed E-state index contributed by atoms with van der Waals surface area (Å²) in [7, 11) is -3.20. The second kappa shape index (κ2) is 5.82. The number of carbonyl (C=O) groups excluding carboxylic acids is 1. The van der Waals surface area contributed by atoms with Crippen LogP contribution in [0.4, 0.5) is 0 Å². The zero-order chi connectivity index (χ0) is 16.6. The number of piperazine rings is 1. The number of hydrogen-bond acceptors (Lipinski definition) is 4. The molecular weight excluding hydrogens is 320 g/mol. The van der Waals surface area contributed by atoms with E-state index in [1.807, 2.05) is 0 Å². The predicted molar refractivity (Wildman–Crippen MR) is 85.6 cm³/mol. The molecule has 1 saturated heterocycles. The number of benzene rings is 1. The minimum absolute atomic E-state index is 0.0459. The Labute approximate surface area is 133 Å². The monoisotopic (exact) mass is 338 g/mol. The second-order valence-electron chi connectivity index (χ2n) is 5.68. The molecule has 1 fully saturated rings. The molecule has 0 unspecified atom stereocenters. The Morgan fingerprint density at radius 3 is 2.43 bits per heavy atom. The Morgan fingerprint density at radius 1 is 1.13 bits per heavy atom. The highest BCUT2D eigenvalue weighted by Crippen LogP contribution is 2.13. The number of nitrogens with one attached hydrogen (secondary N) is 2.